The maximum atomic E-state index is 11.5. The molecule has 2 aromatic rings. The van der Waals surface area contributed by atoms with Crippen LogP contribution in [0.1, 0.15) is 4.88 Å². The number of carbonyl (C=O) groups excluding carboxylic acids is 2. The zero-order valence-electron chi connectivity index (χ0n) is 12.6. The number of urea groups is 1. The monoisotopic (exact) mass is 346 g/mol. The van der Waals surface area contributed by atoms with Gasteiger partial charge in [-0.15, -0.1) is 11.3 Å². The Morgan fingerprint density at radius 1 is 1.17 bits per heavy atom. The van der Waals surface area contributed by atoms with Crippen LogP contribution in [0.15, 0.2) is 42.5 Å². The number of thiophene rings is 1. The largest absolute Gasteiger partial charge is 0.340 e. The summed E-state index contributed by atoms with van der Waals surface area (Å²) in [6.07, 6.45) is 2.81. The van der Waals surface area contributed by atoms with Crippen molar-refractivity contribution in [1.29, 1.82) is 0 Å². The third kappa shape index (κ3) is 4.40. The molecule has 0 saturated carbocycles. The number of benzene rings is 1. The van der Waals surface area contributed by atoms with Crippen LogP contribution in [0, 0.1) is 10.1 Å². The summed E-state index contributed by atoms with van der Waals surface area (Å²) in [6.45, 7) is 0. The van der Waals surface area contributed by atoms with E-state index in [4.69, 9.17) is 0 Å². The minimum atomic E-state index is -0.536. The third-order valence-corrected chi connectivity index (χ3v) is 4.00. The zero-order chi connectivity index (χ0) is 17.5. The van der Waals surface area contributed by atoms with Crippen LogP contribution in [0.5, 0.6) is 0 Å². The van der Waals surface area contributed by atoms with Crippen LogP contribution in [0.3, 0.4) is 0 Å². The first kappa shape index (κ1) is 17.2. The molecule has 0 bridgehead atoms. The highest BCUT2D eigenvalue weighted by atomic mass is 32.1. The number of para-hydroxylation sites is 1. The lowest BCUT2D eigenvalue weighted by Gasteiger charge is -2.02. The molecule has 0 fully saturated rings. The molecule has 2 rings (SSSR count). The van der Waals surface area contributed by atoms with Crippen LogP contribution in [-0.4, -0.2) is 23.9 Å². The van der Waals surface area contributed by atoms with Gasteiger partial charge in [0.15, 0.2) is 0 Å². The predicted molar refractivity (Wildman–Crippen MR) is 91.2 cm³/mol. The topological polar surface area (TPSA) is 113 Å². The highest BCUT2D eigenvalue weighted by molar-refractivity contribution is 7.16. The highest BCUT2D eigenvalue weighted by Gasteiger charge is 2.15. The van der Waals surface area contributed by atoms with Crippen LogP contribution >= 0.6 is 11.3 Å². The van der Waals surface area contributed by atoms with Crippen LogP contribution in [-0.2, 0) is 4.79 Å². The SMILES string of the molecule is CNC(=O)NNC(=O)/C=C/c1ccc(-c2ccccc2[N+](=O)[O-])s1. The van der Waals surface area contributed by atoms with E-state index in [1.165, 1.54) is 30.5 Å². The summed E-state index contributed by atoms with van der Waals surface area (Å²) in [6, 6.07) is 9.45. The van der Waals surface area contributed by atoms with Crippen LogP contribution in [0.4, 0.5) is 10.5 Å². The Balaban J connectivity index is 2.09. The first-order valence-corrected chi connectivity index (χ1v) is 7.62. The number of nitro benzene ring substituents is 1. The molecule has 9 heteroatoms. The number of hydrogen-bond acceptors (Lipinski definition) is 5. The Labute approximate surface area is 141 Å². The summed E-state index contributed by atoms with van der Waals surface area (Å²) < 4.78 is 0. The lowest BCUT2D eigenvalue weighted by Crippen LogP contribution is -2.45. The molecule has 0 saturated heterocycles. The summed E-state index contributed by atoms with van der Waals surface area (Å²) in [7, 11) is 1.42. The molecular formula is C15H14N4O4S. The standard InChI is InChI=1S/C15H14N4O4S/c1-16-15(21)18-17-14(20)9-7-10-6-8-13(24-10)11-4-2-3-5-12(11)19(22)23/h2-9H,1H3,(H,17,20)(H2,16,18,21)/b9-7+. The molecule has 0 aliphatic heterocycles. The molecule has 0 atom stereocenters. The summed E-state index contributed by atoms with van der Waals surface area (Å²) in [5, 5.41) is 13.4. The number of amides is 3. The smallest absolute Gasteiger partial charge is 0.333 e. The molecule has 0 unspecified atom stereocenters. The second-order valence-electron chi connectivity index (χ2n) is 4.50. The lowest BCUT2D eigenvalue weighted by atomic mass is 10.1. The fourth-order valence-corrected chi connectivity index (χ4v) is 2.75. The second-order valence-corrected chi connectivity index (χ2v) is 5.62. The Kier molecular flexibility index (Phi) is 5.63. The van der Waals surface area contributed by atoms with E-state index in [0.29, 0.717) is 5.56 Å². The van der Waals surface area contributed by atoms with Crippen molar-refractivity contribution in [3.8, 4) is 10.4 Å². The average molecular weight is 346 g/mol. The van der Waals surface area contributed by atoms with Crippen molar-refractivity contribution in [1.82, 2.24) is 16.2 Å². The first-order chi connectivity index (χ1) is 11.5. The third-order valence-electron chi connectivity index (χ3n) is 2.92. The molecule has 0 aliphatic rings. The van der Waals surface area contributed by atoms with Gasteiger partial charge in [0.05, 0.1) is 10.5 Å². The highest BCUT2D eigenvalue weighted by Crippen LogP contribution is 2.34. The molecule has 3 amide bonds. The first-order valence-electron chi connectivity index (χ1n) is 6.80. The van der Waals surface area contributed by atoms with Crippen molar-refractivity contribution in [2.45, 2.75) is 0 Å². The van der Waals surface area contributed by atoms with E-state index in [2.05, 4.69) is 16.2 Å². The van der Waals surface area contributed by atoms with Crippen LogP contribution in [0.2, 0.25) is 0 Å². The predicted octanol–water partition coefficient (Wildman–Crippen LogP) is 2.30. The van der Waals surface area contributed by atoms with E-state index >= 15 is 0 Å². The number of hydrogen-bond donors (Lipinski definition) is 3. The second kappa shape index (κ2) is 7.88. The van der Waals surface area contributed by atoms with Crippen molar-refractivity contribution >= 4 is 35.0 Å². The summed E-state index contributed by atoms with van der Waals surface area (Å²) in [4.78, 5) is 34.6. The molecule has 0 spiro atoms. The molecule has 1 heterocycles. The summed E-state index contributed by atoms with van der Waals surface area (Å²) in [5.74, 6) is -0.501. The number of nitrogens with one attached hydrogen (secondary N) is 3. The molecule has 0 radical (unpaired) electrons. The molecule has 124 valence electrons. The lowest BCUT2D eigenvalue weighted by molar-refractivity contribution is -0.384. The Morgan fingerprint density at radius 3 is 2.62 bits per heavy atom. The Hall–Kier alpha value is -3.20. The molecule has 0 aliphatic carbocycles. The molecular weight excluding hydrogens is 332 g/mol. The van der Waals surface area contributed by atoms with Gasteiger partial charge in [0, 0.05) is 28.9 Å². The van der Waals surface area contributed by atoms with Crippen molar-refractivity contribution in [3.05, 3.63) is 57.5 Å². The molecule has 1 aromatic heterocycles. The van der Waals surface area contributed by atoms with Gasteiger partial charge in [-0.3, -0.25) is 20.3 Å². The van der Waals surface area contributed by atoms with Gasteiger partial charge in [-0.05, 0) is 24.3 Å². The van der Waals surface area contributed by atoms with E-state index in [1.807, 2.05) is 0 Å². The van der Waals surface area contributed by atoms with Gasteiger partial charge < -0.3 is 5.32 Å². The zero-order valence-corrected chi connectivity index (χ0v) is 13.4. The maximum Gasteiger partial charge on any atom is 0.333 e. The number of hydrazine groups is 1. The molecule has 24 heavy (non-hydrogen) atoms. The molecule has 3 N–H and O–H groups in total. The summed E-state index contributed by atoms with van der Waals surface area (Å²) in [5.41, 5.74) is 4.90. The number of nitro groups is 1. The van der Waals surface area contributed by atoms with Crippen molar-refractivity contribution in [3.63, 3.8) is 0 Å². The van der Waals surface area contributed by atoms with Crippen LogP contribution < -0.4 is 16.2 Å². The van der Waals surface area contributed by atoms with Gasteiger partial charge in [0.25, 0.3) is 11.6 Å². The Morgan fingerprint density at radius 2 is 1.92 bits per heavy atom. The number of carbonyl (C=O) groups is 2. The van der Waals surface area contributed by atoms with Gasteiger partial charge in [-0.25, -0.2) is 10.2 Å². The fraction of sp³-hybridized carbons (Fsp3) is 0.0667. The minimum Gasteiger partial charge on any atom is -0.340 e. The van der Waals surface area contributed by atoms with Gasteiger partial charge in [0.2, 0.25) is 0 Å². The van der Waals surface area contributed by atoms with Crippen LogP contribution in [0.25, 0.3) is 16.5 Å². The average Bonchev–Trinajstić information content (AvgIpc) is 3.06. The summed E-state index contributed by atoms with van der Waals surface area (Å²) >= 11 is 1.32. The van der Waals surface area contributed by atoms with E-state index < -0.39 is 16.9 Å². The van der Waals surface area contributed by atoms with Gasteiger partial charge >= 0.3 is 6.03 Å². The van der Waals surface area contributed by atoms with Crippen molar-refractivity contribution in [2.24, 2.45) is 0 Å². The van der Waals surface area contributed by atoms with Crippen molar-refractivity contribution < 1.29 is 14.5 Å². The normalized spacial score (nSPS) is 10.4. The van der Waals surface area contributed by atoms with E-state index in [1.54, 1.807) is 36.4 Å². The molecule has 8 nitrogen and oxygen atoms in total. The van der Waals surface area contributed by atoms with Gasteiger partial charge in [0.1, 0.15) is 0 Å². The number of rotatable bonds is 4. The maximum absolute atomic E-state index is 11.5. The van der Waals surface area contributed by atoms with E-state index in [9.17, 15) is 19.7 Å². The van der Waals surface area contributed by atoms with Gasteiger partial charge in [-0.2, -0.15) is 0 Å². The number of nitrogens with zero attached hydrogens (tertiary/aromatic N) is 1. The van der Waals surface area contributed by atoms with E-state index in [-0.39, 0.29) is 5.69 Å². The quantitative estimate of drug-likeness (QED) is 0.448. The van der Waals surface area contributed by atoms with Gasteiger partial charge in [-0.1, -0.05) is 12.1 Å². The fourth-order valence-electron chi connectivity index (χ4n) is 1.81. The van der Waals surface area contributed by atoms with Crippen molar-refractivity contribution in [2.75, 3.05) is 7.05 Å². The Bertz CT molecular complexity index is 800. The van der Waals surface area contributed by atoms with E-state index in [0.717, 1.165) is 9.75 Å². The minimum absolute atomic E-state index is 0.0300. The molecule has 1 aromatic carbocycles.